The first-order valence-electron chi connectivity index (χ1n) is 9.59. The molecule has 29 heavy (non-hydrogen) atoms. The number of aromatic nitrogens is 3. The highest BCUT2D eigenvalue weighted by atomic mass is 16.5. The normalized spacial score (nSPS) is 16.5. The molecule has 1 amide bonds. The molecule has 1 aromatic carbocycles. The average molecular weight is 393 g/mol. The summed E-state index contributed by atoms with van der Waals surface area (Å²) in [5.74, 6) is 1.65. The summed E-state index contributed by atoms with van der Waals surface area (Å²) in [6, 6.07) is 14.9. The second-order valence-corrected chi connectivity index (χ2v) is 7.20. The van der Waals surface area contributed by atoms with Crippen molar-refractivity contribution < 1.29 is 14.1 Å². The number of hydrogen-bond donors (Lipinski definition) is 0. The van der Waals surface area contributed by atoms with Gasteiger partial charge in [0, 0.05) is 38.3 Å². The van der Waals surface area contributed by atoms with E-state index in [0.29, 0.717) is 30.4 Å². The van der Waals surface area contributed by atoms with Crippen molar-refractivity contribution in [1.82, 2.24) is 20.3 Å². The smallest absolute Gasteiger partial charge is 0.276 e. The fourth-order valence-electron chi connectivity index (χ4n) is 3.28. The molecule has 0 radical (unpaired) electrons. The minimum atomic E-state index is -0.154. The van der Waals surface area contributed by atoms with Gasteiger partial charge in [-0.25, -0.2) is 0 Å². The number of ether oxygens (including phenoxy) is 1. The molecule has 0 saturated carbocycles. The molecule has 150 valence electrons. The summed E-state index contributed by atoms with van der Waals surface area (Å²) >= 11 is 0. The third-order valence-corrected chi connectivity index (χ3v) is 4.82. The quantitative estimate of drug-likeness (QED) is 0.659. The lowest BCUT2D eigenvalue weighted by atomic mass is 10.1. The molecule has 8 heteroatoms. The molecular formula is C21H23N5O3. The van der Waals surface area contributed by atoms with Gasteiger partial charge in [-0.2, -0.15) is 0 Å². The first kappa shape index (κ1) is 18.9. The van der Waals surface area contributed by atoms with E-state index in [4.69, 9.17) is 9.26 Å². The zero-order valence-corrected chi connectivity index (χ0v) is 16.5. The molecule has 3 heterocycles. The topological polar surface area (TPSA) is 84.6 Å². The molecule has 1 saturated heterocycles. The van der Waals surface area contributed by atoms with Crippen molar-refractivity contribution in [2.24, 2.45) is 0 Å². The van der Waals surface area contributed by atoms with Crippen molar-refractivity contribution >= 4 is 11.7 Å². The third kappa shape index (κ3) is 4.37. The number of carbonyl (C=O) groups is 1. The highest BCUT2D eigenvalue weighted by Gasteiger charge is 2.28. The van der Waals surface area contributed by atoms with Gasteiger partial charge in [-0.3, -0.25) is 4.79 Å². The van der Waals surface area contributed by atoms with E-state index < -0.39 is 0 Å². The molecule has 8 nitrogen and oxygen atoms in total. The summed E-state index contributed by atoms with van der Waals surface area (Å²) < 4.78 is 11.3. The highest BCUT2D eigenvalue weighted by Crippen LogP contribution is 2.22. The van der Waals surface area contributed by atoms with Gasteiger partial charge in [0.05, 0.1) is 6.54 Å². The Morgan fingerprint density at radius 2 is 2.00 bits per heavy atom. The molecule has 0 aliphatic carbocycles. The van der Waals surface area contributed by atoms with Gasteiger partial charge in [-0.1, -0.05) is 35.5 Å². The minimum Gasteiger partial charge on any atom is -0.471 e. The maximum atomic E-state index is 12.9. The van der Waals surface area contributed by atoms with Crippen molar-refractivity contribution in [2.45, 2.75) is 18.9 Å². The summed E-state index contributed by atoms with van der Waals surface area (Å²) in [6.45, 7) is 1.14. The van der Waals surface area contributed by atoms with Crippen LogP contribution < -0.4 is 9.64 Å². The fourth-order valence-corrected chi connectivity index (χ4v) is 3.28. The number of rotatable bonds is 5. The maximum Gasteiger partial charge on any atom is 0.276 e. The van der Waals surface area contributed by atoms with Gasteiger partial charge in [0.1, 0.15) is 6.10 Å². The number of likely N-dealkylation sites (tertiary alicyclic amines) is 1. The van der Waals surface area contributed by atoms with E-state index in [1.807, 2.05) is 55.4 Å². The van der Waals surface area contributed by atoms with Crippen LogP contribution in [-0.2, 0) is 0 Å². The van der Waals surface area contributed by atoms with Crippen molar-refractivity contribution in [1.29, 1.82) is 0 Å². The second-order valence-electron chi connectivity index (χ2n) is 7.20. The Kier molecular flexibility index (Phi) is 5.41. The van der Waals surface area contributed by atoms with Crippen LogP contribution in [0.3, 0.4) is 0 Å². The minimum absolute atomic E-state index is 0.132. The molecule has 1 atom stereocenters. The molecule has 1 unspecified atom stereocenters. The van der Waals surface area contributed by atoms with Gasteiger partial charge in [-0.15, -0.1) is 10.2 Å². The fraction of sp³-hybridized carbons (Fsp3) is 0.333. The van der Waals surface area contributed by atoms with E-state index in [0.717, 1.165) is 24.2 Å². The summed E-state index contributed by atoms with van der Waals surface area (Å²) in [5.41, 5.74) is 1.19. The second kappa shape index (κ2) is 8.30. The lowest BCUT2D eigenvalue weighted by Gasteiger charge is -2.32. The SMILES string of the molecule is CN(C)c1ccc(OC2CCCN(C(=O)c3cc(-c4ccccc4)on3)C2)nn1. The summed E-state index contributed by atoms with van der Waals surface area (Å²) in [5, 5.41) is 12.2. The Labute approximate surface area is 169 Å². The van der Waals surface area contributed by atoms with Gasteiger partial charge < -0.3 is 19.1 Å². The predicted molar refractivity (Wildman–Crippen MR) is 108 cm³/mol. The van der Waals surface area contributed by atoms with Crippen molar-refractivity contribution in [3.8, 4) is 17.2 Å². The largest absolute Gasteiger partial charge is 0.471 e. The number of benzene rings is 1. The Hall–Kier alpha value is -3.42. The molecule has 4 rings (SSSR count). The Morgan fingerprint density at radius 1 is 1.17 bits per heavy atom. The van der Waals surface area contributed by atoms with E-state index in [-0.39, 0.29) is 12.0 Å². The molecule has 0 N–H and O–H groups in total. The van der Waals surface area contributed by atoms with Crippen molar-refractivity contribution in [3.63, 3.8) is 0 Å². The van der Waals surface area contributed by atoms with E-state index in [2.05, 4.69) is 15.4 Å². The molecule has 2 aromatic heterocycles. The lowest BCUT2D eigenvalue weighted by Crippen LogP contribution is -2.44. The van der Waals surface area contributed by atoms with Crippen LogP contribution >= 0.6 is 0 Å². The number of amides is 1. The third-order valence-electron chi connectivity index (χ3n) is 4.82. The van der Waals surface area contributed by atoms with Crippen LogP contribution in [0.25, 0.3) is 11.3 Å². The number of hydrogen-bond acceptors (Lipinski definition) is 7. The van der Waals surface area contributed by atoms with E-state index in [9.17, 15) is 4.79 Å². The van der Waals surface area contributed by atoms with Crippen LogP contribution in [0, 0.1) is 0 Å². The monoisotopic (exact) mass is 393 g/mol. The van der Waals surface area contributed by atoms with Crippen LogP contribution in [0.5, 0.6) is 5.88 Å². The van der Waals surface area contributed by atoms with Gasteiger partial charge in [0.15, 0.2) is 17.3 Å². The van der Waals surface area contributed by atoms with Crippen molar-refractivity contribution in [3.05, 3.63) is 54.2 Å². The maximum absolute atomic E-state index is 12.9. The molecule has 0 spiro atoms. The number of piperidine rings is 1. The van der Waals surface area contributed by atoms with Gasteiger partial charge in [-0.05, 0) is 18.9 Å². The van der Waals surface area contributed by atoms with Crippen LogP contribution in [0.15, 0.2) is 53.1 Å². The Bertz CT molecular complexity index is 956. The number of nitrogens with zero attached hydrogens (tertiary/aromatic N) is 5. The summed E-state index contributed by atoms with van der Waals surface area (Å²) in [4.78, 5) is 16.5. The van der Waals surface area contributed by atoms with Crippen LogP contribution in [-0.4, -0.2) is 59.4 Å². The van der Waals surface area contributed by atoms with Crippen molar-refractivity contribution in [2.75, 3.05) is 32.1 Å². The zero-order chi connectivity index (χ0) is 20.2. The Morgan fingerprint density at radius 3 is 2.72 bits per heavy atom. The molecule has 0 bridgehead atoms. The van der Waals surface area contributed by atoms with Gasteiger partial charge >= 0.3 is 0 Å². The van der Waals surface area contributed by atoms with Crippen LogP contribution in [0.1, 0.15) is 23.3 Å². The highest BCUT2D eigenvalue weighted by molar-refractivity contribution is 5.93. The van der Waals surface area contributed by atoms with E-state index in [1.54, 1.807) is 17.0 Å². The van der Waals surface area contributed by atoms with Gasteiger partial charge in [0.25, 0.3) is 5.91 Å². The standard InChI is InChI=1S/C21H23N5O3/c1-25(2)19-10-11-20(23-22-19)28-16-9-6-12-26(14-16)21(27)17-13-18(29-24-17)15-7-4-3-5-8-15/h3-5,7-8,10-11,13,16H,6,9,12,14H2,1-2H3. The van der Waals surface area contributed by atoms with E-state index >= 15 is 0 Å². The molecule has 1 aliphatic rings. The first-order chi connectivity index (χ1) is 14.1. The lowest BCUT2D eigenvalue weighted by molar-refractivity contribution is 0.0517. The first-order valence-corrected chi connectivity index (χ1v) is 9.59. The Balaban J connectivity index is 1.40. The number of carbonyl (C=O) groups excluding carboxylic acids is 1. The molecule has 1 aliphatic heterocycles. The molecule has 3 aromatic rings. The predicted octanol–water partition coefficient (Wildman–Crippen LogP) is 2.88. The summed E-state index contributed by atoms with van der Waals surface area (Å²) in [7, 11) is 3.81. The van der Waals surface area contributed by atoms with E-state index in [1.165, 1.54) is 0 Å². The van der Waals surface area contributed by atoms with Crippen LogP contribution in [0.2, 0.25) is 0 Å². The van der Waals surface area contributed by atoms with Crippen LogP contribution in [0.4, 0.5) is 5.82 Å². The van der Waals surface area contributed by atoms with Gasteiger partial charge in [0.2, 0.25) is 5.88 Å². The summed E-state index contributed by atoms with van der Waals surface area (Å²) in [6.07, 6.45) is 1.57. The number of anilines is 1. The zero-order valence-electron chi connectivity index (χ0n) is 16.5. The molecular weight excluding hydrogens is 370 g/mol. The average Bonchev–Trinajstić information content (AvgIpc) is 3.25. The molecule has 1 fully saturated rings.